The highest BCUT2D eigenvalue weighted by Gasteiger charge is 2.04. The van der Waals surface area contributed by atoms with Crippen LogP contribution in [-0.2, 0) is 17.9 Å². The molecule has 130 valence electrons. The molecular formula is C18H23FIN3O. The molecule has 4 nitrogen and oxygen atoms in total. The smallest absolute Gasteiger partial charge is 0.193 e. The fraction of sp³-hybridized carbons (Fsp3) is 0.278. The van der Waals surface area contributed by atoms with Crippen molar-refractivity contribution in [1.29, 1.82) is 0 Å². The summed E-state index contributed by atoms with van der Waals surface area (Å²) in [4.78, 5) is 4.30. The van der Waals surface area contributed by atoms with Gasteiger partial charge in [0.05, 0.1) is 13.2 Å². The van der Waals surface area contributed by atoms with Crippen LogP contribution >= 0.6 is 24.0 Å². The molecule has 0 saturated heterocycles. The zero-order chi connectivity index (χ0) is 16.8. The highest BCUT2D eigenvalue weighted by Crippen LogP contribution is 2.14. The van der Waals surface area contributed by atoms with Crippen LogP contribution in [0.15, 0.2) is 41.4 Å². The minimum Gasteiger partial charge on any atom is -0.380 e. The van der Waals surface area contributed by atoms with Crippen molar-refractivity contribution in [3.8, 4) is 0 Å². The third-order valence-electron chi connectivity index (χ3n) is 3.34. The summed E-state index contributed by atoms with van der Waals surface area (Å²) in [5.74, 6) is 0.0496. The van der Waals surface area contributed by atoms with Crippen LogP contribution in [0.3, 0.4) is 0 Å². The molecule has 0 atom stereocenters. The maximum Gasteiger partial charge on any atom is 0.193 e. The van der Waals surface area contributed by atoms with Crippen molar-refractivity contribution >= 4 is 35.6 Å². The van der Waals surface area contributed by atoms with Gasteiger partial charge in [0.25, 0.3) is 0 Å². The molecule has 2 rings (SSSR count). The lowest BCUT2D eigenvalue weighted by molar-refractivity contribution is 0.181. The molecule has 0 amide bonds. The first-order valence-electron chi connectivity index (χ1n) is 7.39. The lowest BCUT2D eigenvalue weighted by Gasteiger charge is -2.08. The summed E-state index contributed by atoms with van der Waals surface area (Å²) in [6, 6.07) is 11.0. The van der Waals surface area contributed by atoms with E-state index in [0.29, 0.717) is 18.1 Å². The number of aryl methyl sites for hydroxylation is 2. The standard InChI is InChI=1S/C18H22FN3O.HI/c1-12-6-13(2)8-16(7-12)22-18(20)21-10-14-4-5-17(19)15(9-14)11-23-3;/h4-9H,10-11H2,1-3H3,(H3,20,21,22);1H. The number of hydrogen-bond acceptors (Lipinski definition) is 2. The van der Waals surface area contributed by atoms with E-state index in [1.54, 1.807) is 12.1 Å². The van der Waals surface area contributed by atoms with E-state index in [-0.39, 0.29) is 36.4 Å². The van der Waals surface area contributed by atoms with Gasteiger partial charge in [-0.05, 0) is 54.8 Å². The molecule has 0 aliphatic rings. The van der Waals surface area contributed by atoms with Gasteiger partial charge in [0.15, 0.2) is 5.96 Å². The Hall–Kier alpha value is -1.67. The number of hydrogen-bond donors (Lipinski definition) is 2. The van der Waals surface area contributed by atoms with Gasteiger partial charge in [-0.25, -0.2) is 9.38 Å². The monoisotopic (exact) mass is 443 g/mol. The van der Waals surface area contributed by atoms with E-state index in [4.69, 9.17) is 10.5 Å². The summed E-state index contributed by atoms with van der Waals surface area (Å²) in [5.41, 5.74) is 10.5. The fourth-order valence-corrected chi connectivity index (χ4v) is 2.40. The highest BCUT2D eigenvalue weighted by molar-refractivity contribution is 14.0. The van der Waals surface area contributed by atoms with Gasteiger partial charge in [0.2, 0.25) is 0 Å². The summed E-state index contributed by atoms with van der Waals surface area (Å²) < 4.78 is 18.5. The SMILES string of the molecule is COCc1cc(CN=C(N)Nc2cc(C)cc(C)c2)ccc1F.I. The normalized spacial score (nSPS) is 11.1. The Morgan fingerprint density at radius 2 is 1.83 bits per heavy atom. The van der Waals surface area contributed by atoms with Crippen molar-refractivity contribution in [2.75, 3.05) is 12.4 Å². The van der Waals surface area contributed by atoms with Crippen LogP contribution in [0.5, 0.6) is 0 Å². The second kappa shape index (κ2) is 9.58. The second-order valence-corrected chi connectivity index (χ2v) is 5.56. The number of nitrogens with one attached hydrogen (secondary N) is 1. The number of halogens is 2. The summed E-state index contributed by atoms with van der Waals surface area (Å²) in [6.07, 6.45) is 0. The topological polar surface area (TPSA) is 59.6 Å². The van der Waals surface area contributed by atoms with Crippen LogP contribution in [0.25, 0.3) is 0 Å². The molecule has 6 heteroatoms. The average molecular weight is 443 g/mol. The van der Waals surface area contributed by atoms with Gasteiger partial charge >= 0.3 is 0 Å². The molecule has 24 heavy (non-hydrogen) atoms. The van der Waals surface area contributed by atoms with Gasteiger partial charge in [-0.3, -0.25) is 0 Å². The molecule has 0 heterocycles. The van der Waals surface area contributed by atoms with E-state index in [0.717, 1.165) is 22.4 Å². The number of methoxy groups -OCH3 is 1. The molecule has 0 aromatic heterocycles. The minimum atomic E-state index is -0.277. The average Bonchev–Trinajstić information content (AvgIpc) is 2.47. The Balaban J connectivity index is 0.00000288. The zero-order valence-corrected chi connectivity index (χ0v) is 16.4. The first-order chi connectivity index (χ1) is 11.0. The van der Waals surface area contributed by atoms with Crippen LogP contribution in [-0.4, -0.2) is 13.1 Å². The predicted molar refractivity (Wildman–Crippen MR) is 107 cm³/mol. The molecule has 0 radical (unpaired) electrons. The Bertz CT molecular complexity index is 699. The van der Waals surface area contributed by atoms with Gasteiger partial charge in [0.1, 0.15) is 5.82 Å². The van der Waals surface area contributed by atoms with Crippen LogP contribution in [0.2, 0.25) is 0 Å². The van der Waals surface area contributed by atoms with Crippen molar-refractivity contribution in [1.82, 2.24) is 0 Å². The van der Waals surface area contributed by atoms with Crippen molar-refractivity contribution in [2.45, 2.75) is 27.0 Å². The Kier molecular flexibility index (Phi) is 8.14. The van der Waals surface area contributed by atoms with Crippen LogP contribution in [0.4, 0.5) is 10.1 Å². The third-order valence-corrected chi connectivity index (χ3v) is 3.34. The molecular weight excluding hydrogens is 420 g/mol. The van der Waals surface area contributed by atoms with Gasteiger partial charge in [-0.1, -0.05) is 12.1 Å². The minimum absolute atomic E-state index is 0. The Morgan fingerprint density at radius 3 is 2.46 bits per heavy atom. The van der Waals surface area contributed by atoms with Gasteiger partial charge in [-0.2, -0.15) is 0 Å². The van der Waals surface area contributed by atoms with Crippen LogP contribution in [0, 0.1) is 19.7 Å². The lowest BCUT2D eigenvalue weighted by atomic mass is 10.1. The van der Waals surface area contributed by atoms with E-state index in [9.17, 15) is 4.39 Å². The fourth-order valence-electron chi connectivity index (χ4n) is 2.40. The number of guanidine groups is 1. The lowest BCUT2D eigenvalue weighted by Crippen LogP contribution is -2.22. The van der Waals surface area contributed by atoms with Crippen LogP contribution < -0.4 is 11.1 Å². The summed E-state index contributed by atoms with van der Waals surface area (Å²) in [6.45, 7) is 4.67. The predicted octanol–water partition coefficient (Wildman–Crippen LogP) is 4.13. The molecule has 0 spiro atoms. The number of ether oxygens (including phenoxy) is 1. The van der Waals surface area contributed by atoms with Crippen molar-refractivity contribution < 1.29 is 9.13 Å². The molecule has 2 aromatic carbocycles. The summed E-state index contributed by atoms with van der Waals surface area (Å²) >= 11 is 0. The molecule has 0 unspecified atom stereocenters. The first kappa shape index (κ1) is 20.4. The first-order valence-corrected chi connectivity index (χ1v) is 7.39. The molecule has 2 aromatic rings. The maximum absolute atomic E-state index is 13.6. The maximum atomic E-state index is 13.6. The third kappa shape index (κ3) is 6.09. The van der Waals surface area contributed by atoms with E-state index in [1.165, 1.54) is 13.2 Å². The molecule has 0 fully saturated rings. The molecule has 3 N–H and O–H groups in total. The number of rotatable bonds is 5. The Morgan fingerprint density at radius 1 is 1.17 bits per heavy atom. The summed E-state index contributed by atoms with van der Waals surface area (Å²) in [7, 11) is 1.54. The van der Waals surface area contributed by atoms with E-state index < -0.39 is 0 Å². The summed E-state index contributed by atoms with van der Waals surface area (Å²) in [5, 5.41) is 3.07. The second-order valence-electron chi connectivity index (χ2n) is 5.56. The Labute approximate surface area is 159 Å². The van der Waals surface area contributed by atoms with E-state index in [1.807, 2.05) is 26.0 Å². The van der Waals surface area contributed by atoms with E-state index in [2.05, 4.69) is 16.4 Å². The quantitative estimate of drug-likeness (QED) is 0.415. The number of benzene rings is 2. The van der Waals surface area contributed by atoms with Crippen molar-refractivity contribution in [2.24, 2.45) is 10.7 Å². The number of nitrogens with two attached hydrogens (primary N) is 1. The zero-order valence-electron chi connectivity index (χ0n) is 14.1. The molecule has 0 aliphatic carbocycles. The van der Waals surface area contributed by atoms with Gasteiger partial charge in [-0.15, -0.1) is 24.0 Å². The molecule has 0 aliphatic heterocycles. The number of anilines is 1. The number of aliphatic imine (C=N–C) groups is 1. The largest absolute Gasteiger partial charge is 0.380 e. The molecule has 0 saturated carbocycles. The highest BCUT2D eigenvalue weighted by atomic mass is 127. The molecule has 0 bridgehead atoms. The van der Waals surface area contributed by atoms with Gasteiger partial charge in [0, 0.05) is 18.4 Å². The van der Waals surface area contributed by atoms with Crippen molar-refractivity contribution in [3.63, 3.8) is 0 Å². The van der Waals surface area contributed by atoms with E-state index >= 15 is 0 Å². The van der Waals surface area contributed by atoms with Crippen LogP contribution in [0.1, 0.15) is 22.3 Å². The van der Waals surface area contributed by atoms with Gasteiger partial charge < -0.3 is 15.8 Å². The van der Waals surface area contributed by atoms with Crippen molar-refractivity contribution in [3.05, 3.63) is 64.5 Å². The number of nitrogens with zero attached hydrogens (tertiary/aromatic N) is 1.